The second-order valence-electron chi connectivity index (χ2n) is 7.87. The van der Waals surface area contributed by atoms with E-state index < -0.39 is 29.1 Å². The molecule has 1 N–H and O–H groups in total. The molecule has 1 heterocycles. The summed E-state index contributed by atoms with van der Waals surface area (Å²) in [5, 5.41) is 2.61. The molecule has 1 aromatic heterocycles. The number of rotatable bonds is 15. The van der Waals surface area contributed by atoms with Crippen molar-refractivity contribution in [2.75, 3.05) is 31.7 Å². The van der Waals surface area contributed by atoms with Crippen LogP contribution in [-0.4, -0.2) is 45.6 Å². The Hall–Kier alpha value is -2.41. The van der Waals surface area contributed by atoms with Crippen molar-refractivity contribution in [2.45, 2.75) is 30.3 Å². The minimum absolute atomic E-state index is 0.0767. The second kappa shape index (κ2) is 15.2. The summed E-state index contributed by atoms with van der Waals surface area (Å²) in [5.74, 6) is -0.324. The van der Waals surface area contributed by atoms with Gasteiger partial charge < -0.3 is 23.8 Å². The van der Waals surface area contributed by atoms with Gasteiger partial charge in [-0.3, -0.25) is 13.9 Å². The van der Waals surface area contributed by atoms with Crippen molar-refractivity contribution in [3.8, 4) is 0 Å². The van der Waals surface area contributed by atoms with Crippen molar-refractivity contribution >= 4 is 41.9 Å². The van der Waals surface area contributed by atoms with Gasteiger partial charge in [0.05, 0.1) is 33.0 Å². The highest BCUT2D eigenvalue weighted by molar-refractivity contribution is 14.1. The molecular weight excluding hydrogens is 624 g/mol. The number of carbonyl (C=O) groups is 1. The molecule has 3 aromatic rings. The topological polar surface area (TPSA) is 118 Å². The Kier molecular flexibility index (Phi) is 12.1. The summed E-state index contributed by atoms with van der Waals surface area (Å²) in [7, 11) is -3.67. The predicted molar refractivity (Wildman–Crippen MR) is 153 cm³/mol. The summed E-state index contributed by atoms with van der Waals surface area (Å²) < 4.78 is 36.6. The van der Waals surface area contributed by atoms with Crippen LogP contribution in [0.4, 0.5) is 5.82 Å². The van der Waals surface area contributed by atoms with E-state index in [2.05, 4.69) is 10.3 Å². The second-order valence-corrected chi connectivity index (χ2v) is 12.4. The zero-order chi connectivity index (χ0) is 27.4. The number of ether oxygens (including phenoxy) is 2. The number of aromatic nitrogens is 2. The maximum absolute atomic E-state index is 13.5. The van der Waals surface area contributed by atoms with Crippen LogP contribution in [0.5, 0.6) is 0 Å². The van der Waals surface area contributed by atoms with E-state index in [0.29, 0.717) is 12.2 Å². The van der Waals surface area contributed by atoms with Gasteiger partial charge in [0, 0.05) is 11.8 Å². The van der Waals surface area contributed by atoms with Crippen LogP contribution in [0.25, 0.3) is 0 Å². The normalized spacial score (nSPS) is 13.1. The van der Waals surface area contributed by atoms with Gasteiger partial charge in [0.2, 0.25) is 0 Å². The van der Waals surface area contributed by atoms with Gasteiger partial charge in [-0.25, -0.2) is 4.79 Å². The van der Waals surface area contributed by atoms with E-state index in [9.17, 15) is 14.2 Å². The van der Waals surface area contributed by atoms with Crippen molar-refractivity contribution < 1.29 is 27.9 Å². The van der Waals surface area contributed by atoms with Gasteiger partial charge in [-0.1, -0.05) is 71.1 Å². The molecule has 0 aliphatic heterocycles. The van der Waals surface area contributed by atoms with Crippen LogP contribution in [0.3, 0.4) is 0 Å². The van der Waals surface area contributed by atoms with Crippen LogP contribution in [0.15, 0.2) is 77.7 Å². The molecule has 0 radical (unpaired) electrons. The number of anilines is 1. The summed E-state index contributed by atoms with van der Waals surface area (Å²) in [6.45, 7) is 4.46. The first-order valence-corrected chi connectivity index (χ1v) is 15.0. The number of nitrogens with zero attached hydrogens (tertiary/aromatic N) is 2. The maximum Gasteiger partial charge on any atom is 0.351 e. The molecule has 1 amide bonds. The summed E-state index contributed by atoms with van der Waals surface area (Å²) in [5.41, 5.74) is 0.741. The molecule has 10 nitrogen and oxygen atoms in total. The SMILES string of the molecule is CCOP(=O)(OCC)[C@H](I)[C@@H](OCCOCc1ccccc1)n1ccc(NC(=O)c2ccccc2)nc1=O. The fourth-order valence-corrected chi connectivity index (χ4v) is 6.57. The van der Waals surface area contributed by atoms with Crippen LogP contribution in [0, 0.1) is 0 Å². The molecule has 3 rings (SSSR count). The highest BCUT2D eigenvalue weighted by Crippen LogP contribution is 2.59. The standard InChI is InChI=1S/C26H31IN3O7P/c1-3-36-38(33,37-4-2)23(27)25(35-18-17-34-19-20-11-7-5-8-12-20)30-16-15-22(29-26(30)32)28-24(31)21-13-9-6-10-14-21/h5-16,23,25H,3-4,17-19H2,1-2H3,(H,28,29,31,32)/t23-,25+/m0/s1. The Morgan fingerprint density at radius 2 is 1.63 bits per heavy atom. The molecule has 0 saturated carbocycles. The van der Waals surface area contributed by atoms with E-state index in [1.165, 1.54) is 16.8 Å². The highest BCUT2D eigenvalue weighted by atomic mass is 127. The van der Waals surface area contributed by atoms with Crippen molar-refractivity contribution in [3.63, 3.8) is 0 Å². The van der Waals surface area contributed by atoms with Crippen LogP contribution in [0.2, 0.25) is 0 Å². The molecule has 12 heteroatoms. The minimum Gasteiger partial charge on any atom is -0.374 e. The Balaban J connectivity index is 1.77. The third-order valence-electron chi connectivity index (χ3n) is 5.17. The first-order chi connectivity index (χ1) is 18.4. The third-order valence-corrected chi connectivity index (χ3v) is 9.92. The zero-order valence-corrected chi connectivity index (χ0v) is 24.2. The molecule has 2 aromatic carbocycles. The molecule has 0 aliphatic carbocycles. The van der Waals surface area contributed by atoms with Crippen molar-refractivity contribution in [2.24, 2.45) is 0 Å². The van der Waals surface area contributed by atoms with Gasteiger partial charge >= 0.3 is 13.3 Å². The molecule has 0 fully saturated rings. The molecule has 38 heavy (non-hydrogen) atoms. The lowest BCUT2D eigenvalue weighted by molar-refractivity contribution is -0.0292. The number of hydrogen-bond donors (Lipinski definition) is 1. The molecular formula is C26H31IN3O7P. The van der Waals surface area contributed by atoms with E-state index in [0.717, 1.165) is 5.56 Å². The predicted octanol–water partition coefficient (Wildman–Crippen LogP) is 5.25. The Morgan fingerprint density at radius 3 is 2.24 bits per heavy atom. The van der Waals surface area contributed by atoms with Crippen molar-refractivity contribution in [1.29, 1.82) is 0 Å². The molecule has 0 aliphatic rings. The quantitative estimate of drug-likeness (QED) is 0.102. The lowest BCUT2D eigenvalue weighted by Gasteiger charge is -2.29. The van der Waals surface area contributed by atoms with Gasteiger partial charge in [0.1, 0.15) is 5.82 Å². The summed E-state index contributed by atoms with van der Waals surface area (Å²) in [6.07, 6.45) is 0.387. The number of halogens is 1. The van der Waals surface area contributed by atoms with Gasteiger partial charge in [0.25, 0.3) is 5.91 Å². The molecule has 0 saturated heterocycles. The number of nitrogens with one attached hydrogen (secondary N) is 1. The number of alkyl halides is 1. The smallest absolute Gasteiger partial charge is 0.351 e. The molecule has 204 valence electrons. The monoisotopic (exact) mass is 655 g/mol. The first kappa shape index (κ1) is 30.1. The van der Waals surface area contributed by atoms with Crippen LogP contribution >= 0.6 is 30.2 Å². The van der Waals surface area contributed by atoms with Crippen LogP contribution in [0.1, 0.15) is 36.0 Å². The molecule has 0 spiro atoms. The number of carbonyl (C=O) groups excluding carboxylic acids is 1. The van der Waals surface area contributed by atoms with Gasteiger partial charge in [-0.05, 0) is 37.6 Å². The number of hydrogen-bond acceptors (Lipinski definition) is 8. The van der Waals surface area contributed by atoms with Gasteiger partial charge in [-0.15, -0.1) is 0 Å². The average Bonchev–Trinajstić information content (AvgIpc) is 2.92. The minimum atomic E-state index is -3.67. The third kappa shape index (κ3) is 8.55. The lowest BCUT2D eigenvalue weighted by Crippen LogP contribution is -2.34. The molecule has 0 unspecified atom stereocenters. The molecule has 0 bridgehead atoms. The average molecular weight is 655 g/mol. The Morgan fingerprint density at radius 1 is 1.00 bits per heavy atom. The van der Waals surface area contributed by atoms with E-state index in [4.69, 9.17) is 18.5 Å². The van der Waals surface area contributed by atoms with Gasteiger partial charge in [0.15, 0.2) is 9.89 Å². The van der Waals surface area contributed by atoms with Crippen LogP contribution in [-0.2, 0) is 29.7 Å². The van der Waals surface area contributed by atoms with Gasteiger partial charge in [-0.2, -0.15) is 4.98 Å². The maximum atomic E-state index is 13.5. The highest BCUT2D eigenvalue weighted by Gasteiger charge is 2.41. The van der Waals surface area contributed by atoms with E-state index >= 15 is 0 Å². The van der Waals surface area contributed by atoms with Crippen molar-refractivity contribution in [3.05, 3.63) is 94.5 Å². The lowest BCUT2D eigenvalue weighted by atomic mass is 10.2. The van der Waals surface area contributed by atoms with E-state index in [-0.39, 0.29) is 32.2 Å². The number of benzene rings is 2. The molecule has 2 atom stereocenters. The summed E-state index contributed by atoms with van der Waals surface area (Å²) in [4.78, 5) is 29.5. The van der Waals surface area contributed by atoms with E-state index in [1.807, 2.05) is 52.9 Å². The fraction of sp³-hybridized carbons (Fsp3) is 0.346. The fourth-order valence-electron chi connectivity index (χ4n) is 3.43. The Bertz CT molecular complexity index is 1250. The number of amides is 1. The summed E-state index contributed by atoms with van der Waals surface area (Å²) >= 11 is 1.92. The van der Waals surface area contributed by atoms with Crippen molar-refractivity contribution in [1.82, 2.24) is 9.55 Å². The Labute approximate surface area is 235 Å². The largest absolute Gasteiger partial charge is 0.374 e. The van der Waals surface area contributed by atoms with Crippen LogP contribution < -0.4 is 11.0 Å². The summed E-state index contributed by atoms with van der Waals surface area (Å²) in [6, 6.07) is 19.7. The van der Waals surface area contributed by atoms with E-state index in [1.54, 1.807) is 44.2 Å². The first-order valence-electron chi connectivity index (χ1n) is 12.1. The zero-order valence-electron chi connectivity index (χ0n) is 21.2.